The number of ether oxygens (including phenoxy) is 2. The van der Waals surface area contributed by atoms with Gasteiger partial charge in [-0.2, -0.15) is 0 Å². The molecule has 1 aliphatic rings. The lowest BCUT2D eigenvalue weighted by Gasteiger charge is -2.29. The standard InChI is InChI=1S/C17H27NO3/c1-20-16-11-14-7-9-18(8-5-3-4-6-10-19)13-15(14)12-17(16)21-2/h11-12,19H,3-10,13H2,1-2H3. The average Bonchev–Trinajstić information content (AvgIpc) is 2.53. The number of benzene rings is 1. The summed E-state index contributed by atoms with van der Waals surface area (Å²) in [5.74, 6) is 1.65. The molecule has 1 aromatic carbocycles. The van der Waals surface area contributed by atoms with Crippen molar-refractivity contribution >= 4 is 0 Å². The van der Waals surface area contributed by atoms with E-state index in [2.05, 4.69) is 17.0 Å². The topological polar surface area (TPSA) is 41.9 Å². The summed E-state index contributed by atoms with van der Waals surface area (Å²) in [6.45, 7) is 3.57. The van der Waals surface area contributed by atoms with Crippen LogP contribution in [0.3, 0.4) is 0 Å². The Hall–Kier alpha value is -1.26. The van der Waals surface area contributed by atoms with Crippen LogP contribution < -0.4 is 9.47 Å². The van der Waals surface area contributed by atoms with Crippen LogP contribution in [0.15, 0.2) is 12.1 Å². The van der Waals surface area contributed by atoms with Gasteiger partial charge in [-0.1, -0.05) is 12.8 Å². The maximum Gasteiger partial charge on any atom is 0.161 e. The molecule has 1 N–H and O–H groups in total. The zero-order valence-corrected chi connectivity index (χ0v) is 13.2. The van der Waals surface area contributed by atoms with Gasteiger partial charge in [-0.25, -0.2) is 0 Å². The van der Waals surface area contributed by atoms with Crippen LogP contribution in [0.4, 0.5) is 0 Å². The fourth-order valence-corrected chi connectivity index (χ4v) is 2.93. The molecular weight excluding hydrogens is 266 g/mol. The molecule has 4 nitrogen and oxygen atoms in total. The van der Waals surface area contributed by atoms with E-state index < -0.39 is 0 Å². The molecule has 0 aromatic heterocycles. The van der Waals surface area contributed by atoms with Gasteiger partial charge in [-0.15, -0.1) is 0 Å². The Morgan fingerprint density at radius 3 is 2.33 bits per heavy atom. The van der Waals surface area contributed by atoms with Crippen LogP contribution in [-0.4, -0.2) is 43.9 Å². The number of aliphatic hydroxyl groups excluding tert-OH is 1. The molecule has 1 aliphatic heterocycles. The van der Waals surface area contributed by atoms with Gasteiger partial charge in [0.25, 0.3) is 0 Å². The Morgan fingerprint density at radius 1 is 1.00 bits per heavy atom. The first kappa shape index (κ1) is 16.1. The summed E-state index contributed by atoms with van der Waals surface area (Å²) in [5, 5.41) is 8.78. The highest BCUT2D eigenvalue weighted by atomic mass is 16.5. The molecule has 0 amide bonds. The molecule has 0 fully saturated rings. The first-order valence-corrected chi connectivity index (χ1v) is 7.85. The SMILES string of the molecule is COc1cc2c(cc1OC)CN(CCCCCCO)CC2. The molecule has 0 aliphatic carbocycles. The monoisotopic (exact) mass is 293 g/mol. The molecule has 0 unspecified atom stereocenters. The number of unbranched alkanes of at least 4 members (excludes halogenated alkanes) is 3. The van der Waals surface area contributed by atoms with Crippen molar-refractivity contribution in [1.29, 1.82) is 0 Å². The number of hydrogen-bond donors (Lipinski definition) is 1. The minimum Gasteiger partial charge on any atom is -0.493 e. The van der Waals surface area contributed by atoms with Crippen molar-refractivity contribution in [2.45, 2.75) is 38.6 Å². The van der Waals surface area contributed by atoms with Crippen LogP contribution in [0.1, 0.15) is 36.8 Å². The molecule has 0 atom stereocenters. The van der Waals surface area contributed by atoms with Gasteiger partial charge in [0, 0.05) is 19.7 Å². The van der Waals surface area contributed by atoms with Gasteiger partial charge >= 0.3 is 0 Å². The fraction of sp³-hybridized carbons (Fsp3) is 0.647. The van der Waals surface area contributed by atoms with Crippen LogP contribution in [0.2, 0.25) is 0 Å². The predicted octanol–water partition coefficient (Wildman–Crippen LogP) is 2.61. The summed E-state index contributed by atoms with van der Waals surface area (Å²) < 4.78 is 10.8. The zero-order valence-electron chi connectivity index (χ0n) is 13.2. The van der Waals surface area contributed by atoms with E-state index in [1.54, 1.807) is 14.2 Å². The highest BCUT2D eigenvalue weighted by Gasteiger charge is 2.18. The molecule has 0 saturated heterocycles. The van der Waals surface area contributed by atoms with Gasteiger partial charge in [0.15, 0.2) is 11.5 Å². The van der Waals surface area contributed by atoms with Crippen LogP contribution in [0.5, 0.6) is 11.5 Å². The Morgan fingerprint density at radius 2 is 1.67 bits per heavy atom. The Bertz CT molecular complexity index is 448. The van der Waals surface area contributed by atoms with E-state index in [9.17, 15) is 0 Å². The van der Waals surface area contributed by atoms with Gasteiger partial charge in [-0.05, 0) is 49.1 Å². The minimum absolute atomic E-state index is 0.318. The zero-order chi connectivity index (χ0) is 15.1. The van der Waals surface area contributed by atoms with Crippen molar-refractivity contribution in [3.8, 4) is 11.5 Å². The van der Waals surface area contributed by atoms with E-state index in [-0.39, 0.29) is 0 Å². The third-order valence-corrected chi connectivity index (χ3v) is 4.18. The number of nitrogens with zero attached hydrogens (tertiary/aromatic N) is 1. The largest absolute Gasteiger partial charge is 0.493 e. The van der Waals surface area contributed by atoms with Crippen molar-refractivity contribution in [2.75, 3.05) is 33.9 Å². The van der Waals surface area contributed by atoms with Crippen LogP contribution in [0, 0.1) is 0 Å². The van der Waals surface area contributed by atoms with Gasteiger partial charge < -0.3 is 14.6 Å². The highest BCUT2D eigenvalue weighted by molar-refractivity contribution is 5.48. The van der Waals surface area contributed by atoms with E-state index >= 15 is 0 Å². The Labute approximate surface area is 127 Å². The van der Waals surface area contributed by atoms with Crippen LogP contribution in [0.25, 0.3) is 0 Å². The van der Waals surface area contributed by atoms with E-state index in [1.807, 2.05) is 0 Å². The van der Waals surface area contributed by atoms with E-state index in [0.29, 0.717) is 6.61 Å². The Balaban J connectivity index is 1.90. The second-order valence-electron chi connectivity index (χ2n) is 5.64. The lowest BCUT2D eigenvalue weighted by molar-refractivity contribution is 0.242. The van der Waals surface area contributed by atoms with Crippen molar-refractivity contribution in [3.05, 3.63) is 23.3 Å². The third kappa shape index (κ3) is 4.35. The molecule has 21 heavy (non-hydrogen) atoms. The summed E-state index contributed by atoms with van der Waals surface area (Å²) in [6, 6.07) is 4.23. The van der Waals surface area contributed by atoms with E-state index in [1.165, 1.54) is 24.0 Å². The number of methoxy groups -OCH3 is 2. The second kappa shape index (κ2) is 8.25. The number of fused-ring (bicyclic) bond motifs is 1. The normalized spacial score (nSPS) is 14.8. The van der Waals surface area contributed by atoms with Gasteiger partial charge in [0.2, 0.25) is 0 Å². The molecule has 4 heteroatoms. The molecule has 1 aromatic rings. The van der Waals surface area contributed by atoms with Crippen molar-refractivity contribution in [2.24, 2.45) is 0 Å². The molecule has 0 bridgehead atoms. The maximum absolute atomic E-state index is 8.78. The van der Waals surface area contributed by atoms with Gasteiger partial charge in [0.05, 0.1) is 14.2 Å². The van der Waals surface area contributed by atoms with E-state index in [0.717, 1.165) is 50.4 Å². The summed E-state index contributed by atoms with van der Waals surface area (Å²) in [4.78, 5) is 2.51. The summed E-state index contributed by atoms with van der Waals surface area (Å²) in [6.07, 6.45) is 5.55. The second-order valence-corrected chi connectivity index (χ2v) is 5.64. The quantitative estimate of drug-likeness (QED) is 0.748. The van der Waals surface area contributed by atoms with Crippen LogP contribution in [-0.2, 0) is 13.0 Å². The molecule has 0 radical (unpaired) electrons. The van der Waals surface area contributed by atoms with Crippen molar-refractivity contribution in [3.63, 3.8) is 0 Å². The molecule has 118 valence electrons. The lowest BCUT2D eigenvalue weighted by Crippen LogP contribution is -2.31. The number of hydrogen-bond acceptors (Lipinski definition) is 4. The maximum atomic E-state index is 8.78. The molecule has 2 rings (SSSR count). The lowest BCUT2D eigenvalue weighted by atomic mass is 9.98. The summed E-state index contributed by atoms with van der Waals surface area (Å²) in [7, 11) is 3.37. The number of aliphatic hydroxyl groups is 1. The van der Waals surface area contributed by atoms with Crippen LogP contribution >= 0.6 is 0 Å². The first-order valence-electron chi connectivity index (χ1n) is 7.85. The smallest absolute Gasteiger partial charge is 0.161 e. The van der Waals surface area contributed by atoms with E-state index in [4.69, 9.17) is 14.6 Å². The highest BCUT2D eigenvalue weighted by Crippen LogP contribution is 2.33. The molecule has 1 heterocycles. The molecular formula is C17H27NO3. The summed E-state index contributed by atoms with van der Waals surface area (Å²) in [5.41, 5.74) is 2.73. The van der Waals surface area contributed by atoms with Crippen molar-refractivity contribution in [1.82, 2.24) is 4.90 Å². The Kier molecular flexibility index (Phi) is 6.33. The van der Waals surface area contributed by atoms with Gasteiger partial charge in [-0.3, -0.25) is 4.90 Å². The minimum atomic E-state index is 0.318. The predicted molar refractivity (Wildman–Crippen MR) is 84.1 cm³/mol. The summed E-state index contributed by atoms with van der Waals surface area (Å²) >= 11 is 0. The molecule has 0 saturated carbocycles. The average molecular weight is 293 g/mol. The fourth-order valence-electron chi connectivity index (χ4n) is 2.93. The third-order valence-electron chi connectivity index (χ3n) is 4.18. The van der Waals surface area contributed by atoms with Gasteiger partial charge in [0.1, 0.15) is 0 Å². The number of rotatable bonds is 8. The first-order chi connectivity index (χ1) is 10.3. The molecule has 0 spiro atoms. The van der Waals surface area contributed by atoms with Crippen molar-refractivity contribution < 1.29 is 14.6 Å².